The van der Waals surface area contributed by atoms with E-state index >= 15 is 0 Å². The van der Waals surface area contributed by atoms with Gasteiger partial charge in [0.1, 0.15) is 5.82 Å². The quantitative estimate of drug-likeness (QED) is 0.591. The Morgan fingerprint density at radius 1 is 1.31 bits per heavy atom. The van der Waals surface area contributed by atoms with Gasteiger partial charge in [0.15, 0.2) is 0 Å². The first kappa shape index (κ1) is 8.30. The maximum Gasteiger partial charge on any atom is 0.136 e. The van der Waals surface area contributed by atoms with Crippen LogP contribution in [0.25, 0.3) is 12.3 Å². The van der Waals surface area contributed by atoms with E-state index in [1.807, 2.05) is 13.1 Å². The molecule has 0 unspecified atom stereocenters. The van der Waals surface area contributed by atoms with Crippen molar-refractivity contribution in [2.45, 2.75) is 20.8 Å². The van der Waals surface area contributed by atoms with Crippen molar-refractivity contribution in [2.75, 3.05) is 0 Å². The van der Waals surface area contributed by atoms with Gasteiger partial charge in [-0.25, -0.2) is 4.98 Å². The second-order valence-electron chi connectivity index (χ2n) is 4.12. The Balaban J connectivity index is 2.50. The molecule has 0 amide bonds. The van der Waals surface area contributed by atoms with E-state index in [-0.39, 0.29) is 5.41 Å². The molecule has 0 fully saturated rings. The summed E-state index contributed by atoms with van der Waals surface area (Å²) in [6.07, 6.45) is 10.6. The first-order chi connectivity index (χ1) is 6.07. The Morgan fingerprint density at radius 2 is 2.08 bits per heavy atom. The summed E-state index contributed by atoms with van der Waals surface area (Å²) < 4.78 is 2.06. The minimum absolute atomic E-state index is 0.134. The molecule has 0 spiro atoms. The van der Waals surface area contributed by atoms with E-state index in [9.17, 15) is 0 Å². The summed E-state index contributed by atoms with van der Waals surface area (Å²) in [7, 11) is 0. The van der Waals surface area contributed by atoms with Crippen molar-refractivity contribution in [3.63, 3.8) is 0 Å². The lowest BCUT2D eigenvalue weighted by atomic mass is 9.93. The Bertz CT molecular complexity index is 347. The molecule has 0 saturated heterocycles. The van der Waals surface area contributed by atoms with Crippen molar-refractivity contribution in [1.82, 2.24) is 9.55 Å². The molecule has 2 rings (SSSR count). The van der Waals surface area contributed by atoms with Crippen LogP contribution < -0.4 is 0 Å². The van der Waals surface area contributed by atoms with Crippen molar-refractivity contribution in [3.8, 4) is 0 Å². The van der Waals surface area contributed by atoms with Gasteiger partial charge in [-0.15, -0.1) is 0 Å². The highest BCUT2D eigenvalue weighted by Crippen LogP contribution is 2.24. The number of aryl methyl sites for hydroxylation is 1. The minimum Gasteiger partial charge on any atom is -0.307 e. The molecule has 0 aliphatic carbocycles. The van der Waals surface area contributed by atoms with Crippen LogP contribution in [-0.4, -0.2) is 9.55 Å². The van der Waals surface area contributed by atoms with Crippen LogP contribution in [-0.2, 0) is 0 Å². The number of hydrogen-bond donors (Lipinski definition) is 0. The van der Waals surface area contributed by atoms with Crippen LogP contribution in [0.5, 0.6) is 0 Å². The van der Waals surface area contributed by atoms with Gasteiger partial charge < -0.3 is 4.57 Å². The van der Waals surface area contributed by atoms with Gasteiger partial charge in [0.05, 0.1) is 5.69 Å². The predicted octanol–water partition coefficient (Wildman–Crippen LogP) is 2.72. The third kappa shape index (κ3) is 1.57. The Morgan fingerprint density at radius 3 is 2.85 bits per heavy atom. The van der Waals surface area contributed by atoms with E-state index in [1.165, 1.54) is 0 Å². The topological polar surface area (TPSA) is 17.8 Å². The number of nitrogens with zero attached hydrogens (tertiary/aromatic N) is 2. The van der Waals surface area contributed by atoms with Crippen LogP contribution >= 0.6 is 0 Å². The zero-order valence-corrected chi connectivity index (χ0v) is 8.28. The molecule has 2 heterocycles. The fourth-order valence-corrected chi connectivity index (χ4v) is 1.39. The normalized spacial score (nSPS) is 18.4. The summed E-state index contributed by atoms with van der Waals surface area (Å²) >= 11 is 0. The van der Waals surface area contributed by atoms with E-state index in [1.54, 1.807) is 0 Å². The second kappa shape index (κ2) is 2.59. The number of imidazole rings is 1. The average Bonchev–Trinajstić information content (AvgIpc) is 2.34. The molecule has 13 heavy (non-hydrogen) atoms. The highest BCUT2D eigenvalue weighted by Gasteiger charge is 2.12. The maximum absolute atomic E-state index is 4.40. The maximum atomic E-state index is 4.40. The molecule has 2 heteroatoms. The lowest BCUT2D eigenvalue weighted by Gasteiger charge is -2.11. The first-order valence-corrected chi connectivity index (χ1v) is 4.51. The third-order valence-electron chi connectivity index (χ3n) is 2.21. The van der Waals surface area contributed by atoms with Crippen LogP contribution in [0.1, 0.15) is 25.4 Å². The van der Waals surface area contributed by atoms with E-state index in [0.29, 0.717) is 0 Å². The number of rotatable bonds is 0. The van der Waals surface area contributed by atoms with Crippen LogP contribution in [0.2, 0.25) is 0 Å². The smallest absolute Gasteiger partial charge is 0.136 e. The summed E-state index contributed by atoms with van der Waals surface area (Å²) in [5.74, 6) is 1.01. The molecule has 2 nitrogen and oxygen atoms in total. The zero-order chi connectivity index (χ0) is 9.47. The van der Waals surface area contributed by atoms with E-state index in [0.717, 1.165) is 11.5 Å². The van der Waals surface area contributed by atoms with Gasteiger partial charge in [-0.05, 0) is 13.0 Å². The highest BCUT2D eigenvalue weighted by molar-refractivity contribution is 5.51. The fraction of sp³-hybridized carbons (Fsp3) is 0.364. The van der Waals surface area contributed by atoms with Gasteiger partial charge in [-0.2, -0.15) is 0 Å². The second-order valence-corrected chi connectivity index (χ2v) is 4.12. The molecule has 0 atom stereocenters. The summed E-state index contributed by atoms with van der Waals surface area (Å²) in [6, 6.07) is 0. The van der Waals surface area contributed by atoms with E-state index in [4.69, 9.17) is 0 Å². The van der Waals surface area contributed by atoms with Gasteiger partial charge in [0.2, 0.25) is 0 Å². The van der Waals surface area contributed by atoms with Crippen molar-refractivity contribution < 1.29 is 0 Å². The molecular weight excluding hydrogens is 160 g/mol. The molecule has 1 aliphatic heterocycles. The number of allylic oxidation sites excluding steroid dienone is 2. The summed E-state index contributed by atoms with van der Waals surface area (Å²) in [5.41, 5.74) is 1.19. The molecule has 0 aromatic carbocycles. The molecule has 0 saturated carbocycles. The van der Waals surface area contributed by atoms with Gasteiger partial charge in [0.25, 0.3) is 0 Å². The Labute approximate surface area is 78.6 Å². The number of aromatic nitrogens is 2. The van der Waals surface area contributed by atoms with Crippen molar-refractivity contribution >= 4 is 12.3 Å². The molecule has 0 bridgehead atoms. The molecule has 0 radical (unpaired) electrons. The average molecular weight is 174 g/mol. The van der Waals surface area contributed by atoms with E-state index in [2.05, 4.69) is 47.8 Å². The highest BCUT2D eigenvalue weighted by atomic mass is 15.1. The third-order valence-corrected chi connectivity index (χ3v) is 2.21. The SMILES string of the molecule is Cc1cn2c(n1)C=CC(C)(C)C=C2. The zero-order valence-electron chi connectivity index (χ0n) is 8.28. The Kier molecular flexibility index (Phi) is 1.65. The lowest BCUT2D eigenvalue weighted by molar-refractivity contribution is 0.632. The van der Waals surface area contributed by atoms with Gasteiger partial charge in [-0.3, -0.25) is 0 Å². The number of fused-ring (bicyclic) bond motifs is 1. The van der Waals surface area contributed by atoms with Crippen LogP contribution in [0.15, 0.2) is 18.3 Å². The van der Waals surface area contributed by atoms with Gasteiger partial charge in [0, 0.05) is 17.8 Å². The monoisotopic (exact) mass is 174 g/mol. The minimum atomic E-state index is 0.134. The Hall–Kier alpha value is -1.31. The largest absolute Gasteiger partial charge is 0.307 e. The standard InChI is InChI=1S/C11H14N2/c1-9-8-13-7-6-11(2,3)5-4-10(13)12-9/h4-8H,1-3H3. The summed E-state index contributed by atoms with van der Waals surface area (Å²) in [4.78, 5) is 4.40. The first-order valence-electron chi connectivity index (χ1n) is 4.51. The summed E-state index contributed by atoms with van der Waals surface area (Å²) in [6.45, 7) is 6.37. The van der Waals surface area contributed by atoms with Gasteiger partial charge in [-0.1, -0.05) is 26.0 Å². The lowest BCUT2D eigenvalue weighted by Crippen LogP contribution is -2.00. The molecule has 1 aromatic rings. The van der Waals surface area contributed by atoms with Crippen LogP contribution in [0, 0.1) is 12.3 Å². The number of hydrogen-bond acceptors (Lipinski definition) is 1. The fourth-order valence-electron chi connectivity index (χ4n) is 1.39. The van der Waals surface area contributed by atoms with Crippen molar-refractivity contribution in [3.05, 3.63) is 29.9 Å². The van der Waals surface area contributed by atoms with Crippen LogP contribution in [0.4, 0.5) is 0 Å². The van der Waals surface area contributed by atoms with E-state index < -0.39 is 0 Å². The van der Waals surface area contributed by atoms with Gasteiger partial charge >= 0.3 is 0 Å². The molecule has 0 N–H and O–H groups in total. The van der Waals surface area contributed by atoms with Crippen LogP contribution in [0.3, 0.4) is 0 Å². The molecule has 1 aliphatic rings. The van der Waals surface area contributed by atoms with Crippen molar-refractivity contribution in [2.24, 2.45) is 5.41 Å². The molecule has 68 valence electrons. The summed E-state index contributed by atoms with van der Waals surface area (Å²) in [5, 5.41) is 0. The predicted molar refractivity (Wildman–Crippen MR) is 55.1 cm³/mol. The molecule has 1 aromatic heterocycles. The molecular formula is C11H14N2. The van der Waals surface area contributed by atoms with Crippen molar-refractivity contribution in [1.29, 1.82) is 0 Å².